The molecule has 1 aromatic carbocycles. The molecule has 0 aliphatic heterocycles. The molecule has 0 aromatic heterocycles. The number of halogens is 3. The van der Waals surface area contributed by atoms with Gasteiger partial charge in [0.05, 0.1) is 22.8 Å². The fourth-order valence-electron chi connectivity index (χ4n) is 1.40. The van der Waals surface area contributed by atoms with E-state index in [-0.39, 0.29) is 11.1 Å². The Kier molecular flexibility index (Phi) is 2.90. The van der Waals surface area contributed by atoms with E-state index in [1.165, 1.54) is 0 Å². The number of hydrogen-bond donors (Lipinski definition) is 1. The molecule has 1 aromatic rings. The lowest BCUT2D eigenvalue weighted by molar-refractivity contribution is -0.138. The minimum Gasteiger partial charge on any atom is -0.366 e. The Labute approximate surface area is 89.3 Å². The van der Waals surface area contributed by atoms with Gasteiger partial charge >= 0.3 is 6.18 Å². The Morgan fingerprint density at radius 1 is 1.44 bits per heavy atom. The smallest absolute Gasteiger partial charge is 0.366 e. The third kappa shape index (κ3) is 1.98. The Bertz CT molecular complexity index is 486. The van der Waals surface area contributed by atoms with E-state index in [0.717, 1.165) is 19.1 Å². The van der Waals surface area contributed by atoms with Crippen LogP contribution in [-0.4, -0.2) is 5.91 Å². The molecule has 1 amide bonds. The molecule has 0 saturated carbocycles. The predicted octanol–water partition coefficient (Wildman–Crippen LogP) is 1.98. The van der Waals surface area contributed by atoms with Crippen LogP contribution in [0.4, 0.5) is 13.2 Å². The molecule has 0 spiro atoms. The molecular formula is C10H7F3N2O. The summed E-state index contributed by atoms with van der Waals surface area (Å²) in [7, 11) is 0. The van der Waals surface area contributed by atoms with Crippen LogP contribution in [0.25, 0.3) is 0 Å². The van der Waals surface area contributed by atoms with Gasteiger partial charge in [-0.15, -0.1) is 0 Å². The van der Waals surface area contributed by atoms with Crippen LogP contribution < -0.4 is 5.73 Å². The van der Waals surface area contributed by atoms with Crippen molar-refractivity contribution in [1.29, 1.82) is 5.26 Å². The summed E-state index contributed by atoms with van der Waals surface area (Å²) in [6.45, 7) is 1.13. The van der Waals surface area contributed by atoms with Gasteiger partial charge in [-0.3, -0.25) is 4.79 Å². The first-order valence-corrected chi connectivity index (χ1v) is 4.19. The number of nitriles is 1. The molecule has 2 N–H and O–H groups in total. The van der Waals surface area contributed by atoms with Gasteiger partial charge in [-0.25, -0.2) is 0 Å². The second-order valence-corrected chi connectivity index (χ2v) is 3.13. The lowest BCUT2D eigenvalue weighted by Gasteiger charge is -2.14. The molecule has 0 aliphatic rings. The van der Waals surface area contributed by atoms with Gasteiger partial charge in [0.2, 0.25) is 5.91 Å². The van der Waals surface area contributed by atoms with Crippen LogP contribution in [0.3, 0.4) is 0 Å². The maximum atomic E-state index is 12.7. The largest absolute Gasteiger partial charge is 0.417 e. The quantitative estimate of drug-likeness (QED) is 0.798. The zero-order valence-corrected chi connectivity index (χ0v) is 8.22. The summed E-state index contributed by atoms with van der Waals surface area (Å²) >= 11 is 0. The molecule has 0 saturated heterocycles. The number of amides is 1. The first kappa shape index (κ1) is 12.0. The van der Waals surface area contributed by atoms with Crippen molar-refractivity contribution in [2.75, 3.05) is 0 Å². The summed E-state index contributed by atoms with van der Waals surface area (Å²) in [5.74, 6) is -1.17. The van der Waals surface area contributed by atoms with Gasteiger partial charge in [0.15, 0.2) is 0 Å². The second kappa shape index (κ2) is 3.85. The summed E-state index contributed by atoms with van der Waals surface area (Å²) in [5.41, 5.74) is 2.68. The van der Waals surface area contributed by atoms with Crippen molar-refractivity contribution in [2.45, 2.75) is 13.1 Å². The Morgan fingerprint density at radius 3 is 2.38 bits per heavy atom. The number of carbonyl (C=O) groups is 1. The minimum absolute atomic E-state index is 0.127. The molecule has 3 nitrogen and oxygen atoms in total. The summed E-state index contributed by atoms with van der Waals surface area (Å²) in [6.07, 6.45) is -4.71. The number of carbonyl (C=O) groups excluding carboxylic acids is 1. The van der Waals surface area contributed by atoms with E-state index in [2.05, 4.69) is 0 Å². The summed E-state index contributed by atoms with van der Waals surface area (Å²) in [5, 5.41) is 8.60. The summed E-state index contributed by atoms with van der Waals surface area (Å²) < 4.78 is 38.0. The number of rotatable bonds is 1. The highest BCUT2D eigenvalue weighted by molar-refractivity contribution is 5.95. The first-order chi connectivity index (χ1) is 7.29. The van der Waals surface area contributed by atoms with Crippen molar-refractivity contribution in [3.05, 3.63) is 34.4 Å². The monoisotopic (exact) mass is 228 g/mol. The highest BCUT2D eigenvalue weighted by Crippen LogP contribution is 2.35. The number of nitrogens with two attached hydrogens (primary N) is 1. The van der Waals surface area contributed by atoms with Crippen LogP contribution in [0.2, 0.25) is 0 Å². The van der Waals surface area contributed by atoms with Crippen molar-refractivity contribution in [1.82, 2.24) is 0 Å². The fraction of sp³-hybridized carbons (Fsp3) is 0.200. The molecule has 84 valence electrons. The fourth-order valence-corrected chi connectivity index (χ4v) is 1.40. The van der Waals surface area contributed by atoms with Crippen molar-refractivity contribution in [2.24, 2.45) is 5.73 Å². The topological polar surface area (TPSA) is 66.9 Å². The van der Waals surface area contributed by atoms with Gasteiger partial charge in [-0.1, -0.05) is 0 Å². The molecule has 6 heteroatoms. The van der Waals surface area contributed by atoms with E-state index in [4.69, 9.17) is 11.0 Å². The highest BCUT2D eigenvalue weighted by atomic mass is 19.4. The van der Waals surface area contributed by atoms with Crippen LogP contribution in [0.15, 0.2) is 12.1 Å². The van der Waals surface area contributed by atoms with Crippen molar-refractivity contribution in [3.63, 3.8) is 0 Å². The van der Waals surface area contributed by atoms with Crippen LogP contribution >= 0.6 is 0 Å². The zero-order chi connectivity index (χ0) is 12.5. The van der Waals surface area contributed by atoms with Crippen molar-refractivity contribution in [3.8, 4) is 6.07 Å². The van der Waals surface area contributed by atoms with E-state index < -0.39 is 23.2 Å². The third-order valence-corrected chi connectivity index (χ3v) is 2.13. The molecule has 0 atom stereocenters. The van der Waals surface area contributed by atoms with Crippen LogP contribution in [0.1, 0.15) is 27.0 Å². The molecule has 0 aliphatic carbocycles. The van der Waals surface area contributed by atoms with Gasteiger partial charge in [0.1, 0.15) is 0 Å². The molecule has 0 fully saturated rings. The number of primary amides is 1. The van der Waals surface area contributed by atoms with Crippen LogP contribution in [-0.2, 0) is 6.18 Å². The van der Waals surface area contributed by atoms with Crippen LogP contribution in [0, 0.1) is 18.3 Å². The molecule has 0 bridgehead atoms. The minimum atomic E-state index is -4.71. The molecule has 0 heterocycles. The lowest BCUT2D eigenvalue weighted by Crippen LogP contribution is -2.20. The van der Waals surface area contributed by atoms with E-state index in [0.29, 0.717) is 0 Å². The van der Waals surface area contributed by atoms with E-state index in [9.17, 15) is 18.0 Å². The predicted molar refractivity (Wildman–Crippen MR) is 49.4 cm³/mol. The summed E-state index contributed by atoms with van der Waals surface area (Å²) in [4.78, 5) is 10.9. The second-order valence-electron chi connectivity index (χ2n) is 3.13. The van der Waals surface area contributed by atoms with E-state index in [1.807, 2.05) is 0 Å². The standard InChI is InChI=1S/C10H7F3N2O/c1-5-6(4-14)2-3-7(9(15)16)8(5)10(11,12)13/h2-3H,1H3,(H2,15,16). The zero-order valence-electron chi connectivity index (χ0n) is 8.22. The van der Waals surface area contributed by atoms with Crippen LogP contribution in [0.5, 0.6) is 0 Å². The average molecular weight is 228 g/mol. The molecule has 16 heavy (non-hydrogen) atoms. The average Bonchev–Trinajstić information content (AvgIpc) is 2.14. The maximum absolute atomic E-state index is 12.7. The highest BCUT2D eigenvalue weighted by Gasteiger charge is 2.37. The number of alkyl halides is 3. The number of hydrogen-bond acceptors (Lipinski definition) is 2. The Morgan fingerprint density at radius 2 is 2.00 bits per heavy atom. The SMILES string of the molecule is Cc1c(C#N)ccc(C(N)=O)c1C(F)(F)F. The lowest BCUT2D eigenvalue weighted by atomic mass is 9.96. The normalized spacial score (nSPS) is 10.9. The molecular weight excluding hydrogens is 221 g/mol. The third-order valence-electron chi connectivity index (χ3n) is 2.13. The van der Waals surface area contributed by atoms with E-state index >= 15 is 0 Å². The maximum Gasteiger partial charge on any atom is 0.417 e. The van der Waals surface area contributed by atoms with Gasteiger partial charge in [-0.05, 0) is 24.6 Å². The summed E-state index contributed by atoms with van der Waals surface area (Å²) in [6, 6.07) is 3.68. The number of nitrogens with zero attached hydrogens (tertiary/aromatic N) is 1. The molecule has 1 rings (SSSR count). The van der Waals surface area contributed by atoms with E-state index in [1.54, 1.807) is 6.07 Å². The Balaban J connectivity index is 3.64. The first-order valence-electron chi connectivity index (χ1n) is 4.19. The van der Waals surface area contributed by atoms with Gasteiger partial charge in [0, 0.05) is 0 Å². The number of benzene rings is 1. The molecule has 0 radical (unpaired) electrons. The molecule has 0 unspecified atom stereocenters. The van der Waals surface area contributed by atoms with Gasteiger partial charge in [-0.2, -0.15) is 18.4 Å². The Hall–Kier alpha value is -2.03. The van der Waals surface area contributed by atoms with Crippen molar-refractivity contribution < 1.29 is 18.0 Å². The van der Waals surface area contributed by atoms with Gasteiger partial charge in [0.25, 0.3) is 0 Å². The van der Waals surface area contributed by atoms with Crippen molar-refractivity contribution >= 4 is 5.91 Å². The van der Waals surface area contributed by atoms with Gasteiger partial charge < -0.3 is 5.73 Å².